The second-order valence-corrected chi connectivity index (χ2v) is 5.77. The van der Waals surface area contributed by atoms with E-state index in [9.17, 15) is 18.0 Å². The summed E-state index contributed by atoms with van der Waals surface area (Å²) in [6, 6.07) is 2.38. The molecule has 2 rings (SSSR count). The average Bonchev–Trinajstić information content (AvgIpc) is 2.96. The molecule has 1 amide bonds. The highest BCUT2D eigenvalue weighted by atomic mass is 19.4. The number of carbonyl (C=O) groups excluding carboxylic acids is 1. The first kappa shape index (κ1) is 16.1. The van der Waals surface area contributed by atoms with E-state index in [0.717, 1.165) is 16.9 Å². The van der Waals surface area contributed by atoms with E-state index in [1.54, 1.807) is 6.07 Å². The lowest BCUT2D eigenvalue weighted by molar-refractivity contribution is -0.141. The van der Waals surface area contributed by atoms with Gasteiger partial charge in [-0.1, -0.05) is 25.9 Å². The van der Waals surface area contributed by atoms with Crippen LogP contribution in [-0.4, -0.2) is 20.8 Å². The molecule has 0 spiro atoms. The highest BCUT2D eigenvalue weighted by Crippen LogP contribution is 2.27. The van der Waals surface area contributed by atoms with Gasteiger partial charge in [-0.25, -0.2) is 0 Å². The van der Waals surface area contributed by atoms with Gasteiger partial charge in [0.25, 0.3) is 0 Å². The molecule has 22 heavy (non-hydrogen) atoms. The Morgan fingerprint density at radius 2 is 2.05 bits per heavy atom. The second kappa shape index (κ2) is 5.47. The van der Waals surface area contributed by atoms with Crippen LogP contribution in [0.3, 0.4) is 0 Å². The summed E-state index contributed by atoms with van der Waals surface area (Å²) in [5.41, 5.74) is -1.31. The van der Waals surface area contributed by atoms with Gasteiger partial charge in [0.1, 0.15) is 12.3 Å². The van der Waals surface area contributed by atoms with E-state index in [-0.39, 0.29) is 17.8 Å². The van der Waals surface area contributed by atoms with Crippen molar-refractivity contribution < 1.29 is 22.5 Å². The van der Waals surface area contributed by atoms with Crippen molar-refractivity contribution >= 4 is 11.7 Å². The summed E-state index contributed by atoms with van der Waals surface area (Å²) in [4.78, 5) is 11.8. The normalized spacial score (nSPS) is 12.5. The molecule has 2 aromatic rings. The molecule has 0 radical (unpaired) electrons. The zero-order valence-electron chi connectivity index (χ0n) is 12.2. The quantitative estimate of drug-likeness (QED) is 0.945. The smallest absolute Gasteiger partial charge is 0.359 e. The van der Waals surface area contributed by atoms with Crippen LogP contribution in [0.2, 0.25) is 0 Å². The Hall–Kier alpha value is -2.32. The van der Waals surface area contributed by atoms with E-state index in [1.807, 2.05) is 20.8 Å². The van der Waals surface area contributed by atoms with Crippen LogP contribution >= 0.6 is 0 Å². The van der Waals surface area contributed by atoms with Crippen molar-refractivity contribution in [1.82, 2.24) is 14.9 Å². The minimum absolute atomic E-state index is 0.207. The van der Waals surface area contributed by atoms with Crippen molar-refractivity contribution in [2.45, 2.75) is 38.9 Å². The molecule has 2 aromatic heterocycles. The van der Waals surface area contributed by atoms with Gasteiger partial charge in [-0.3, -0.25) is 9.48 Å². The van der Waals surface area contributed by atoms with Gasteiger partial charge in [-0.2, -0.15) is 18.3 Å². The Morgan fingerprint density at radius 3 is 2.55 bits per heavy atom. The van der Waals surface area contributed by atoms with E-state index in [1.165, 1.54) is 0 Å². The highest BCUT2D eigenvalue weighted by Gasteiger charge is 2.33. The van der Waals surface area contributed by atoms with Crippen molar-refractivity contribution in [3.05, 3.63) is 29.8 Å². The SMILES string of the molecule is CC(C)(C)c1cc(NC(=O)Cn2ccc(C(F)(F)F)n2)no1. The number of carbonyl (C=O) groups is 1. The molecule has 0 saturated carbocycles. The number of nitrogens with one attached hydrogen (secondary N) is 1. The van der Waals surface area contributed by atoms with Crippen LogP contribution < -0.4 is 5.32 Å². The van der Waals surface area contributed by atoms with Gasteiger partial charge in [0.2, 0.25) is 5.91 Å². The third-order valence-corrected chi connectivity index (χ3v) is 2.75. The first-order valence-corrected chi connectivity index (χ1v) is 6.43. The van der Waals surface area contributed by atoms with Crippen molar-refractivity contribution in [2.24, 2.45) is 0 Å². The highest BCUT2D eigenvalue weighted by molar-refractivity contribution is 5.89. The monoisotopic (exact) mass is 316 g/mol. The van der Waals surface area contributed by atoms with E-state index in [2.05, 4.69) is 15.6 Å². The van der Waals surface area contributed by atoms with E-state index in [0.29, 0.717) is 5.76 Å². The summed E-state index contributed by atoms with van der Waals surface area (Å²) in [6.07, 6.45) is -3.44. The van der Waals surface area contributed by atoms with E-state index in [4.69, 9.17) is 4.52 Å². The number of hydrogen-bond donors (Lipinski definition) is 1. The number of nitrogens with zero attached hydrogens (tertiary/aromatic N) is 3. The molecule has 0 fully saturated rings. The molecule has 6 nitrogen and oxygen atoms in total. The number of hydrogen-bond acceptors (Lipinski definition) is 4. The predicted molar refractivity (Wildman–Crippen MR) is 71.1 cm³/mol. The van der Waals surface area contributed by atoms with Gasteiger partial charge in [0, 0.05) is 17.7 Å². The molecule has 1 N–H and O–H groups in total. The maximum atomic E-state index is 12.4. The fourth-order valence-electron chi connectivity index (χ4n) is 1.62. The Labute approximate surface area is 124 Å². The van der Waals surface area contributed by atoms with Crippen LogP contribution in [0, 0.1) is 0 Å². The van der Waals surface area contributed by atoms with Gasteiger partial charge in [-0.05, 0) is 6.07 Å². The van der Waals surface area contributed by atoms with Crippen molar-refractivity contribution in [2.75, 3.05) is 5.32 Å². The molecule has 2 heterocycles. The fourth-order valence-corrected chi connectivity index (χ4v) is 1.62. The van der Waals surface area contributed by atoms with Gasteiger partial charge in [0.15, 0.2) is 11.5 Å². The number of anilines is 1. The maximum absolute atomic E-state index is 12.4. The second-order valence-electron chi connectivity index (χ2n) is 5.77. The zero-order chi connectivity index (χ0) is 16.5. The minimum atomic E-state index is -4.53. The molecule has 9 heteroatoms. The lowest BCUT2D eigenvalue weighted by Gasteiger charge is -2.12. The number of rotatable bonds is 3. The number of alkyl halides is 3. The molecular formula is C13H15F3N4O2. The summed E-state index contributed by atoms with van der Waals surface area (Å²) in [6.45, 7) is 5.40. The Kier molecular flexibility index (Phi) is 3.99. The molecular weight excluding hydrogens is 301 g/mol. The zero-order valence-corrected chi connectivity index (χ0v) is 12.2. The summed E-state index contributed by atoms with van der Waals surface area (Å²) < 4.78 is 43.2. The molecule has 0 unspecified atom stereocenters. The topological polar surface area (TPSA) is 73.0 Å². The third-order valence-electron chi connectivity index (χ3n) is 2.75. The molecule has 120 valence electrons. The molecule has 0 atom stereocenters. The Bertz CT molecular complexity index is 611. The largest absolute Gasteiger partial charge is 0.435 e. The number of aromatic nitrogens is 3. The van der Waals surface area contributed by atoms with Crippen LogP contribution in [0.1, 0.15) is 32.2 Å². The van der Waals surface area contributed by atoms with Crippen molar-refractivity contribution in [3.63, 3.8) is 0 Å². The summed E-state index contributed by atoms with van der Waals surface area (Å²) in [5, 5.41) is 9.43. The number of halogens is 3. The maximum Gasteiger partial charge on any atom is 0.435 e. The number of amides is 1. The standard InChI is InChI=1S/C13H15F3N4O2/c1-12(2,3)9-6-10(19-22-9)17-11(21)7-20-5-4-8(18-20)13(14,15)16/h4-6H,7H2,1-3H3,(H,17,19,21). The first-order valence-electron chi connectivity index (χ1n) is 6.43. The van der Waals surface area contributed by atoms with Crippen LogP contribution in [-0.2, 0) is 22.9 Å². The van der Waals surface area contributed by atoms with Gasteiger partial charge in [-0.15, -0.1) is 0 Å². The summed E-state index contributed by atoms with van der Waals surface area (Å²) in [5.74, 6) is 0.241. The van der Waals surface area contributed by atoms with Crippen molar-refractivity contribution in [3.8, 4) is 0 Å². The van der Waals surface area contributed by atoms with Gasteiger partial charge >= 0.3 is 6.18 Å². The summed E-state index contributed by atoms with van der Waals surface area (Å²) >= 11 is 0. The molecule has 0 aliphatic rings. The summed E-state index contributed by atoms with van der Waals surface area (Å²) in [7, 11) is 0. The Morgan fingerprint density at radius 1 is 1.36 bits per heavy atom. The van der Waals surface area contributed by atoms with Crippen LogP contribution in [0.15, 0.2) is 22.9 Å². The predicted octanol–water partition coefficient (Wildman–Crippen LogP) is 2.83. The molecule has 0 aliphatic carbocycles. The average molecular weight is 316 g/mol. The first-order chi connectivity index (χ1) is 10.1. The van der Waals surface area contributed by atoms with E-state index < -0.39 is 17.8 Å². The van der Waals surface area contributed by atoms with E-state index >= 15 is 0 Å². The molecule has 0 aromatic carbocycles. The molecule has 0 aliphatic heterocycles. The van der Waals surface area contributed by atoms with Crippen LogP contribution in [0.4, 0.5) is 19.0 Å². The van der Waals surface area contributed by atoms with Gasteiger partial charge < -0.3 is 9.84 Å². The minimum Gasteiger partial charge on any atom is -0.359 e. The molecule has 0 bridgehead atoms. The lowest BCUT2D eigenvalue weighted by atomic mass is 9.93. The Balaban J connectivity index is 1.99. The van der Waals surface area contributed by atoms with Crippen molar-refractivity contribution in [1.29, 1.82) is 0 Å². The van der Waals surface area contributed by atoms with Gasteiger partial charge in [0.05, 0.1) is 0 Å². The fraction of sp³-hybridized carbons (Fsp3) is 0.462. The lowest BCUT2D eigenvalue weighted by Crippen LogP contribution is -2.20. The third kappa shape index (κ3) is 3.86. The molecule has 0 saturated heterocycles. The van der Waals surface area contributed by atoms with Crippen LogP contribution in [0.25, 0.3) is 0 Å². The van der Waals surface area contributed by atoms with Crippen LogP contribution in [0.5, 0.6) is 0 Å².